The molecule has 1 aliphatic heterocycles. The highest BCUT2D eigenvalue weighted by atomic mass is 16.2. The summed E-state index contributed by atoms with van der Waals surface area (Å²) in [5.41, 5.74) is 3.50. The molecule has 2 aromatic rings. The first kappa shape index (κ1) is 13.8. The first-order valence-electron chi connectivity index (χ1n) is 7.22. The van der Waals surface area contributed by atoms with Gasteiger partial charge in [0.05, 0.1) is 6.04 Å². The van der Waals surface area contributed by atoms with Gasteiger partial charge in [-0.15, -0.1) is 0 Å². The van der Waals surface area contributed by atoms with Gasteiger partial charge in [0.15, 0.2) is 0 Å². The first-order valence-corrected chi connectivity index (χ1v) is 7.22. The monoisotopic (exact) mass is 281 g/mol. The molecule has 4 nitrogen and oxygen atoms in total. The molecule has 1 atom stereocenters. The average molecular weight is 281 g/mol. The molecule has 1 aromatic heterocycles. The fourth-order valence-electron chi connectivity index (χ4n) is 2.64. The van der Waals surface area contributed by atoms with Crippen LogP contribution >= 0.6 is 0 Å². The van der Waals surface area contributed by atoms with Gasteiger partial charge in [0.1, 0.15) is 0 Å². The van der Waals surface area contributed by atoms with Crippen LogP contribution in [0.4, 0.5) is 0 Å². The molecule has 0 spiro atoms. The summed E-state index contributed by atoms with van der Waals surface area (Å²) >= 11 is 0. The van der Waals surface area contributed by atoms with Crippen molar-refractivity contribution in [2.24, 2.45) is 0 Å². The molecule has 108 valence electrons. The van der Waals surface area contributed by atoms with Crippen LogP contribution in [-0.2, 0) is 11.2 Å². The number of carbonyl (C=O) groups excluding carboxylic acids is 1. The van der Waals surface area contributed by atoms with Crippen molar-refractivity contribution in [3.63, 3.8) is 0 Å². The number of nitrogens with one attached hydrogen (secondary N) is 1. The van der Waals surface area contributed by atoms with Crippen molar-refractivity contribution >= 4 is 5.91 Å². The highest BCUT2D eigenvalue weighted by Crippen LogP contribution is 2.19. The minimum Gasteiger partial charge on any atom is -0.343 e. The maximum absolute atomic E-state index is 12.1. The molecule has 1 fully saturated rings. The van der Waals surface area contributed by atoms with Crippen molar-refractivity contribution in [2.75, 3.05) is 20.1 Å². The van der Waals surface area contributed by atoms with Crippen LogP contribution < -0.4 is 5.32 Å². The molecule has 2 heterocycles. The molecule has 1 N–H and O–H groups in total. The second-order valence-electron chi connectivity index (χ2n) is 5.40. The van der Waals surface area contributed by atoms with E-state index in [0.29, 0.717) is 0 Å². The maximum atomic E-state index is 12.1. The van der Waals surface area contributed by atoms with E-state index in [2.05, 4.69) is 34.6 Å². The van der Waals surface area contributed by atoms with Gasteiger partial charge in [-0.1, -0.05) is 24.3 Å². The summed E-state index contributed by atoms with van der Waals surface area (Å²) in [5.74, 6) is 0.180. The van der Waals surface area contributed by atoms with Crippen LogP contribution in [0.1, 0.15) is 5.56 Å². The lowest BCUT2D eigenvalue weighted by Crippen LogP contribution is -2.54. The SMILES string of the molecule is CN1CCN[C@@H](Cc2ccc(-c3ccncc3)cc2)C1=O. The third-order valence-electron chi connectivity index (χ3n) is 3.92. The molecule has 1 aliphatic rings. The fourth-order valence-corrected chi connectivity index (χ4v) is 2.64. The van der Waals surface area contributed by atoms with E-state index in [1.165, 1.54) is 11.1 Å². The number of likely N-dealkylation sites (N-methyl/N-ethyl adjacent to an activating group) is 1. The quantitative estimate of drug-likeness (QED) is 0.932. The Morgan fingerprint density at radius 2 is 1.81 bits per heavy atom. The van der Waals surface area contributed by atoms with Gasteiger partial charge in [-0.05, 0) is 35.2 Å². The van der Waals surface area contributed by atoms with Gasteiger partial charge in [0.2, 0.25) is 5.91 Å². The molecule has 3 rings (SSSR count). The van der Waals surface area contributed by atoms with Gasteiger partial charge in [-0.25, -0.2) is 0 Å². The minimum atomic E-state index is -0.101. The first-order chi connectivity index (χ1) is 10.2. The van der Waals surface area contributed by atoms with Gasteiger partial charge in [0, 0.05) is 32.5 Å². The molecule has 0 aliphatic carbocycles. The number of benzene rings is 1. The molecule has 0 saturated carbocycles. The second kappa shape index (κ2) is 6.06. The van der Waals surface area contributed by atoms with Crippen molar-refractivity contribution in [2.45, 2.75) is 12.5 Å². The number of hydrogen-bond acceptors (Lipinski definition) is 3. The summed E-state index contributed by atoms with van der Waals surface area (Å²) in [5, 5.41) is 3.29. The largest absolute Gasteiger partial charge is 0.343 e. The highest BCUT2D eigenvalue weighted by molar-refractivity contribution is 5.82. The predicted molar refractivity (Wildman–Crippen MR) is 82.8 cm³/mol. The van der Waals surface area contributed by atoms with Gasteiger partial charge in [-0.3, -0.25) is 9.78 Å². The van der Waals surface area contributed by atoms with E-state index in [0.717, 1.165) is 25.1 Å². The Balaban J connectivity index is 1.71. The van der Waals surface area contributed by atoms with Crippen molar-refractivity contribution in [1.82, 2.24) is 15.2 Å². The van der Waals surface area contributed by atoms with Crippen LogP contribution in [0.2, 0.25) is 0 Å². The zero-order valence-electron chi connectivity index (χ0n) is 12.1. The molecule has 4 heteroatoms. The molecular weight excluding hydrogens is 262 g/mol. The maximum Gasteiger partial charge on any atom is 0.239 e. The van der Waals surface area contributed by atoms with E-state index in [4.69, 9.17) is 0 Å². The number of aromatic nitrogens is 1. The molecule has 0 radical (unpaired) electrons. The Bertz CT molecular complexity index is 610. The number of amides is 1. The van der Waals surface area contributed by atoms with Crippen LogP contribution in [-0.4, -0.2) is 42.0 Å². The van der Waals surface area contributed by atoms with Crippen LogP contribution in [0.3, 0.4) is 0 Å². The van der Waals surface area contributed by atoms with Crippen LogP contribution in [0.5, 0.6) is 0 Å². The third-order valence-corrected chi connectivity index (χ3v) is 3.92. The van der Waals surface area contributed by atoms with Crippen LogP contribution in [0.15, 0.2) is 48.8 Å². The zero-order chi connectivity index (χ0) is 14.7. The van der Waals surface area contributed by atoms with Gasteiger partial charge >= 0.3 is 0 Å². The Morgan fingerprint density at radius 3 is 2.52 bits per heavy atom. The summed E-state index contributed by atoms with van der Waals surface area (Å²) in [6.07, 6.45) is 4.33. The number of rotatable bonds is 3. The van der Waals surface area contributed by atoms with Crippen molar-refractivity contribution in [3.8, 4) is 11.1 Å². The van der Waals surface area contributed by atoms with E-state index < -0.39 is 0 Å². The Morgan fingerprint density at radius 1 is 1.14 bits per heavy atom. The minimum absolute atomic E-state index is 0.101. The Labute approximate surface area is 124 Å². The Hall–Kier alpha value is -2.20. The van der Waals surface area contributed by atoms with Gasteiger partial charge in [0.25, 0.3) is 0 Å². The molecular formula is C17H19N3O. The summed E-state index contributed by atoms with van der Waals surface area (Å²) in [6, 6.07) is 12.3. The number of carbonyl (C=O) groups is 1. The Kier molecular flexibility index (Phi) is 3.97. The third kappa shape index (κ3) is 3.11. The number of pyridine rings is 1. The van der Waals surface area contributed by atoms with Crippen molar-refractivity contribution in [3.05, 3.63) is 54.4 Å². The molecule has 1 amide bonds. The van der Waals surface area contributed by atoms with Crippen LogP contribution in [0.25, 0.3) is 11.1 Å². The summed E-state index contributed by atoms with van der Waals surface area (Å²) in [7, 11) is 1.86. The molecule has 1 aromatic carbocycles. The standard InChI is InChI=1S/C17H19N3O/c1-20-11-10-19-16(17(20)21)12-13-2-4-14(5-3-13)15-6-8-18-9-7-15/h2-9,16,19H,10-12H2,1H3/t16-/m0/s1. The predicted octanol–water partition coefficient (Wildman–Crippen LogP) is 1.72. The van der Waals surface area contributed by atoms with E-state index in [1.807, 2.05) is 19.2 Å². The molecule has 21 heavy (non-hydrogen) atoms. The smallest absolute Gasteiger partial charge is 0.239 e. The van der Waals surface area contributed by atoms with E-state index in [1.54, 1.807) is 17.3 Å². The summed E-state index contributed by atoms with van der Waals surface area (Å²) in [4.78, 5) is 17.9. The number of hydrogen-bond donors (Lipinski definition) is 1. The lowest BCUT2D eigenvalue weighted by molar-refractivity contribution is -0.134. The second-order valence-corrected chi connectivity index (χ2v) is 5.40. The summed E-state index contributed by atoms with van der Waals surface area (Å²) < 4.78 is 0. The van der Waals surface area contributed by atoms with Gasteiger partial charge < -0.3 is 10.2 Å². The van der Waals surface area contributed by atoms with E-state index in [9.17, 15) is 4.79 Å². The van der Waals surface area contributed by atoms with Crippen LogP contribution in [0, 0.1) is 0 Å². The topological polar surface area (TPSA) is 45.2 Å². The molecule has 0 bridgehead atoms. The number of piperazine rings is 1. The lowest BCUT2D eigenvalue weighted by Gasteiger charge is -2.30. The summed E-state index contributed by atoms with van der Waals surface area (Å²) in [6.45, 7) is 1.65. The normalized spacial score (nSPS) is 18.8. The zero-order valence-corrected chi connectivity index (χ0v) is 12.1. The molecule has 0 unspecified atom stereocenters. The van der Waals surface area contributed by atoms with Crippen molar-refractivity contribution < 1.29 is 4.79 Å². The van der Waals surface area contributed by atoms with Gasteiger partial charge in [-0.2, -0.15) is 0 Å². The lowest BCUT2D eigenvalue weighted by atomic mass is 10.00. The van der Waals surface area contributed by atoms with E-state index >= 15 is 0 Å². The molecule has 1 saturated heterocycles. The average Bonchev–Trinajstić information content (AvgIpc) is 2.53. The van der Waals surface area contributed by atoms with E-state index in [-0.39, 0.29) is 11.9 Å². The fraction of sp³-hybridized carbons (Fsp3) is 0.294. The number of nitrogens with zero attached hydrogens (tertiary/aromatic N) is 2. The van der Waals surface area contributed by atoms with Crippen molar-refractivity contribution in [1.29, 1.82) is 0 Å². The highest BCUT2D eigenvalue weighted by Gasteiger charge is 2.25.